The van der Waals surface area contributed by atoms with Crippen molar-refractivity contribution in [3.8, 4) is 0 Å². The molecule has 0 radical (unpaired) electrons. The third kappa shape index (κ3) is 7.23. The fourth-order valence-corrected chi connectivity index (χ4v) is 4.53. The van der Waals surface area contributed by atoms with Gasteiger partial charge in [0.05, 0.1) is 29.4 Å². The van der Waals surface area contributed by atoms with Gasteiger partial charge in [0.15, 0.2) is 0 Å². The Morgan fingerprint density at radius 1 is 0.811 bits per heavy atom. The van der Waals surface area contributed by atoms with Gasteiger partial charge in [-0.05, 0) is 96.1 Å². The lowest BCUT2D eigenvalue weighted by atomic mass is 10.0. The number of carbonyl (C=O) groups excluding carboxylic acids is 1. The van der Waals surface area contributed by atoms with Crippen molar-refractivity contribution in [3.63, 3.8) is 0 Å². The SMILES string of the molecule is CCN(c1ccc(/N=C2/C=C(Nc3ccc(N(CC)C(C)C)cc3)C(=O)C=C2NCCO)cc1)C(C)C. The van der Waals surface area contributed by atoms with Crippen molar-refractivity contribution >= 4 is 34.2 Å². The average Bonchev–Trinajstić information content (AvgIpc) is 2.87. The Hall–Kier alpha value is -3.58. The van der Waals surface area contributed by atoms with Gasteiger partial charge in [0.25, 0.3) is 0 Å². The smallest absolute Gasteiger partial charge is 0.204 e. The van der Waals surface area contributed by atoms with Gasteiger partial charge in [0.1, 0.15) is 0 Å². The molecule has 37 heavy (non-hydrogen) atoms. The fraction of sp³-hybridized carbons (Fsp3) is 0.400. The minimum atomic E-state index is -0.147. The fourth-order valence-electron chi connectivity index (χ4n) is 4.53. The number of aliphatic imine (C=N–C) groups is 1. The van der Waals surface area contributed by atoms with E-state index in [9.17, 15) is 9.90 Å². The second-order valence-corrected chi connectivity index (χ2v) is 9.58. The zero-order valence-corrected chi connectivity index (χ0v) is 23.0. The van der Waals surface area contributed by atoms with Gasteiger partial charge in [-0.15, -0.1) is 0 Å². The first-order valence-electron chi connectivity index (χ1n) is 13.2. The second-order valence-electron chi connectivity index (χ2n) is 9.58. The monoisotopic (exact) mass is 503 g/mol. The summed E-state index contributed by atoms with van der Waals surface area (Å²) >= 11 is 0. The maximum absolute atomic E-state index is 12.9. The number of hydrogen-bond donors (Lipinski definition) is 3. The van der Waals surface area contributed by atoms with Crippen molar-refractivity contribution in [2.45, 2.75) is 53.6 Å². The number of nitrogens with zero attached hydrogens (tertiary/aromatic N) is 3. The number of nitrogens with one attached hydrogen (secondary N) is 2. The standard InChI is InChI=1S/C30H41N5O2/c1-7-34(21(3)4)25-13-9-23(10-14-25)32-28-19-29(30(37)20-27(28)31-17-18-36)33-24-11-15-26(16-12-24)35(8-2)22(5)6/h9-16,19-22,31,33,36H,7-8,17-18H2,1-6H3/b32-28-. The molecule has 0 fully saturated rings. The first-order valence-corrected chi connectivity index (χ1v) is 13.2. The number of rotatable bonds is 12. The molecule has 1 aliphatic rings. The van der Waals surface area contributed by atoms with Crippen LogP contribution in [0.2, 0.25) is 0 Å². The molecule has 3 N–H and O–H groups in total. The minimum absolute atomic E-state index is 0.0398. The van der Waals surface area contributed by atoms with Crippen molar-refractivity contribution < 1.29 is 9.90 Å². The summed E-state index contributed by atoms with van der Waals surface area (Å²) in [6.45, 7) is 15.1. The van der Waals surface area contributed by atoms with E-state index in [-0.39, 0.29) is 12.4 Å². The summed E-state index contributed by atoms with van der Waals surface area (Å²) in [6.07, 6.45) is 3.30. The lowest BCUT2D eigenvalue weighted by Gasteiger charge is -2.27. The predicted molar refractivity (Wildman–Crippen MR) is 156 cm³/mol. The molecule has 7 nitrogen and oxygen atoms in total. The molecule has 0 heterocycles. The molecule has 0 saturated carbocycles. The van der Waals surface area contributed by atoms with Crippen LogP contribution in [0, 0.1) is 0 Å². The Labute approximate surface area is 221 Å². The molecule has 0 unspecified atom stereocenters. The maximum Gasteiger partial charge on any atom is 0.204 e. The molecule has 0 atom stereocenters. The van der Waals surface area contributed by atoms with Crippen molar-refractivity contribution in [3.05, 3.63) is 72.1 Å². The highest BCUT2D eigenvalue weighted by Gasteiger charge is 2.20. The summed E-state index contributed by atoms with van der Waals surface area (Å²) in [5.74, 6) is -0.147. The topological polar surface area (TPSA) is 80.2 Å². The molecule has 2 aromatic rings. The average molecular weight is 504 g/mol. The van der Waals surface area contributed by atoms with Gasteiger partial charge < -0.3 is 25.5 Å². The number of anilines is 3. The predicted octanol–water partition coefficient (Wildman–Crippen LogP) is 5.27. The van der Waals surface area contributed by atoms with Gasteiger partial charge in [-0.3, -0.25) is 4.79 Å². The van der Waals surface area contributed by atoms with Crippen LogP contribution in [0.4, 0.5) is 22.7 Å². The molecule has 0 aromatic heterocycles. The summed E-state index contributed by atoms with van der Waals surface area (Å²) in [7, 11) is 0. The Balaban J connectivity index is 1.87. The Kier molecular flexibility index (Phi) is 9.92. The molecular weight excluding hydrogens is 462 g/mol. The van der Waals surface area contributed by atoms with E-state index in [1.807, 2.05) is 24.3 Å². The van der Waals surface area contributed by atoms with E-state index in [1.54, 1.807) is 6.08 Å². The van der Waals surface area contributed by atoms with Crippen molar-refractivity contribution in [1.29, 1.82) is 0 Å². The highest BCUT2D eigenvalue weighted by atomic mass is 16.3. The lowest BCUT2D eigenvalue weighted by molar-refractivity contribution is -0.111. The number of aliphatic hydroxyl groups is 1. The molecule has 0 spiro atoms. The van der Waals surface area contributed by atoms with E-state index >= 15 is 0 Å². The van der Waals surface area contributed by atoms with Crippen LogP contribution in [0.5, 0.6) is 0 Å². The molecule has 1 aliphatic carbocycles. The van der Waals surface area contributed by atoms with Gasteiger partial charge in [-0.1, -0.05) is 0 Å². The van der Waals surface area contributed by atoms with Crippen LogP contribution < -0.4 is 20.4 Å². The number of ketones is 1. The highest BCUT2D eigenvalue weighted by molar-refractivity contribution is 6.23. The zero-order valence-electron chi connectivity index (χ0n) is 23.0. The molecule has 0 bridgehead atoms. The maximum atomic E-state index is 12.9. The van der Waals surface area contributed by atoms with E-state index in [4.69, 9.17) is 4.99 Å². The van der Waals surface area contributed by atoms with E-state index in [1.165, 1.54) is 6.08 Å². The van der Waals surface area contributed by atoms with Crippen LogP contribution >= 0.6 is 0 Å². The molecule has 2 aromatic carbocycles. The van der Waals surface area contributed by atoms with Crippen LogP contribution in [0.25, 0.3) is 0 Å². The molecule has 0 aliphatic heterocycles. The summed E-state index contributed by atoms with van der Waals surface area (Å²) < 4.78 is 0. The van der Waals surface area contributed by atoms with Gasteiger partial charge in [0, 0.05) is 54.9 Å². The summed E-state index contributed by atoms with van der Waals surface area (Å²) in [6, 6.07) is 17.0. The molecule has 7 heteroatoms. The zero-order chi connectivity index (χ0) is 26.9. The quantitative estimate of drug-likeness (QED) is 0.342. The number of benzene rings is 2. The number of hydrogen-bond acceptors (Lipinski definition) is 7. The van der Waals surface area contributed by atoms with Crippen LogP contribution in [0.15, 0.2) is 77.1 Å². The van der Waals surface area contributed by atoms with E-state index in [0.717, 1.165) is 35.8 Å². The van der Waals surface area contributed by atoms with Crippen molar-refractivity contribution in [2.24, 2.45) is 4.99 Å². The summed E-state index contributed by atoms with van der Waals surface area (Å²) in [5, 5.41) is 15.7. The Morgan fingerprint density at radius 2 is 1.35 bits per heavy atom. The Morgan fingerprint density at radius 3 is 1.84 bits per heavy atom. The van der Waals surface area contributed by atoms with Crippen LogP contribution in [-0.2, 0) is 4.79 Å². The van der Waals surface area contributed by atoms with Crippen molar-refractivity contribution in [2.75, 3.05) is 41.4 Å². The first-order chi connectivity index (χ1) is 17.8. The normalized spacial score (nSPS) is 14.6. The van der Waals surface area contributed by atoms with Gasteiger partial charge in [-0.2, -0.15) is 0 Å². The molecule has 3 rings (SSSR count). The third-order valence-corrected chi connectivity index (χ3v) is 6.36. The number of carbonyl (C=O) groups is 1. The number of allylic oxidation sites excluding steroid dienone is 2. The molecule has 198 valence electrons. The second kappa shape index (κ2) is 13.1. The first kappa shape index (κ1) is 28.0. The van der Waals surface area contributed by atoms with Crippen LogP contribution in [-0.4, -0.2) is 54.9 Å². The van der Waals surface area contributed by atoms with Crippen LogP contribution in [0.3, 0.4) is 0 Å². The van der Waals surface area contributed by atoms with Crippen molar-refractivity contribution in [1.82, 2.24) is 5.32 Å². The van der Waals surface area contributed by atoms with Crippen LogP contribution in [0.1, 0.15) is 41.5 Å². The highest BCUT2D eigenvalue weighted by Crippen LogP contribution is 2.25. The van der Waals surface area contributed by atoms with Gasteiger partial charge in [0.2, 0.25) is 5.78 Å². The summed E-state index contributed by atoms with van der Waals surface area (Å²) in [4.78, 5) is 22.4. The molecule has 0 amide bonds. The lowest BCUT2D eigenvalue weighted by Crippen LogP contribution is -2.30. The van der Waals surface area contributed by atoms with Gasteiger partial charge >= 0.3 is 0 Å². The minimum Gasteiger partial charge on any atom is -0.395 e. The molecule has 0 saturated heterocycles. The summed E-state index contributed by atoms with van der Waals surface area (Å²) in [5.41, 5.74) is 5.59. The van der Waals surface area contributed by atoms with E-state index in [2.05, 4.69) is 86.2 Å². The Bertz CT molecular complexity index is 1130. The third-order valence-electron chi connectivity index (χ3n) is 6.36. The molecular formula is C30H41N5O2. The largest absolute Gasteiger partial charge is 0.395 e. The van der Waals surface area contributed by atoms with E-state index in [0.29, 0.717) is 35.7 Å². The van der Waals surface area contributed by atoms with Gasteiger partial charge in [-0.25, -0.2) is 4.99 Å². The van der Waals surface area contributed by atoms with E-state index < -0.39 is 0 Å². The number of aliphatic hydroxyl groups excluding tert-OH is 1.